The van der Waals surface area contributed by atoms with Crippen LogP contribution in [0.4, 0.5) is 0 Å². The maximum absolute atomic E-state index is 10.8. The fourth-order valence-electron chi connectivity index (χ4n) is 2.42. The van der Waals surface area contributed by atoms with Crippen LogP contribution >= 0.6 is 0 Å². The van der Waals surface area contributed by atoms with E-state index in [-0.39, 0.29) is 0 Å². The number of benzene rings is 1. The van der Waals surface area contributed by atoms with Gasteiger partial charge in [0.25, 0.3) is 0 Å². The van der Waals surface area contributed by atoms with Gasteiger partial charge in [0.05, 0.1) is 12.6 Å². The average Bonchev–Trinajstić information content (AvgIpc) is 2.63. The van der Waals surface area contributed by atoms with E-state index >= 15 is 0 Å². The minimum absolute atomic E-state index is 0.409. The SMILES string of the molecule is O=C=NCCCCCC(N=C=O)c1ccccc1C(N=C=O)N=C=O. The molecule has 0 saturated heterocycles. The van der Waals surface area contributed by atoms with Gasteiger partial charge in [0.2, 0.25) is 24.3 Å². The molecule has 8 nitrogen and oxygen atoms in total. The molecule has 128 valence electrons. The number of rotatable bonds is 11. The van der Waals surface area contributed by atoms with Crippen LogP contribution < -0.4 is 0 Å². The molecule has 0 aliphatic rings. The van der Waals surface area contributed by atoms with Crippen molar-refractivity contribution in [1.29, 1.82) is 0 Å². The van der Waals surface area contributed by atoms with Crippen LogP contribution in [0.25, 0.3) is 0 Å². The molecule has 1 atom stereocenters. The Morgan fingerprint density at radius 1 is 0.760 bits per heavy atom. The molecule has 0 spiro atoms. The van der Waals surface area contributed by atoms with Crippen LogP contribution in [0.1, 0.15) is 49.0 Å². The van der Waals surface area contributed by atoms with Crippen molar-refractivity contribution >= 4 is 24.3 Å². The van der Waals surface area contributed by atoms with E-state index in [1.54, 1.807) is 30.3 Å². The quantitative estimate of drug-likeness (QED) is 0.349. The zero-order valence-corrected chi connectivity index (χ0v) is 13.4. The highest BCUT2D eigenvalue weighted by molar-refractivity contribution is 5.43. The van der Waals surface area contributed by atoms with Gasteiger partial charge >= 0.3 is 0 Å². The Hall–Kier alpha value is -3.26. The molecule has 0 bridgehead atoms. The van der Waals surface area contributed by atoms with Crippen LogP contribution in [0.2, 0.25) is 0 Å². The van der Waals surface area contributed by atoms with Gasteiger partial charge in [-0.3, -0.25) is 0 Å². The van der Waals surface area contributed by atoms with E-state index in [1.165, 1.54) is 18.2 Å². The molecule has 0 radical (unpaired) electrons. The second-order valence-corrected chi connectivity index (χ2v) is 5.00. The lowest BCUT2D eigenvalue weighted by Crippen LogP contribution is -2.04. The lowest BCUT2D eigenvalue weighted by Gasteiger charge is -2.16. The Labute approximate surface area is 144 Å². The summed E-state index contributed by atoms with van der Waals surface area (Å²) in [6.07, 6.45) is 7.49. The summed E-state index contributed by atoms with van der Waals surface area (Å²) in [5.74, 6) is 0. The Bertz CT molecular complexity index is 736. The first-order chi connectivity index (χ1) is 12.3. The standard InChI is InChI=1S/C17H16N4O4/c22-10-18-9-5-1-2-8-16(19-11-23)14-6-3-4-7-15(14)17(20-12-24)21-13-25/h3-4,6-7,16-17H,1-2,5,8-9H2. The van der Waals surface area contributed by atoms with E-state index in [9.17, 15) is 19.2 Å². The zero-order chi connectivity index (χ0) is 18.3. The molecule has 1 aromatic carbocycles. The number of carbonyl (C=O) groups excluding carboxylic acids is 4. The zero-order valence-electron chi connectivity index (χ0n) is 13.4. The van der Waals surface area contributed by atoms with Crippen LogP contribution in [-0.2, 0) is 19.2 Å². The fraction of sp³-hybridized carbons (Fsp3) is 0.412. The minimum Gasteiger partial charge on any atom is -0.211 e. The molecular formula is C17H16N4O4. The van der Waals surface area contributed by atoms with E-state index in [0.717, 1.165) is 19.3 Å². The highest BCUT2D eigenvalue weighted by atomic mass is 16.1. The number of hydrogen-bond acceptors (Lipinski definition) is 8. The monoisotopic (exact) mass is 340 g/mol. The van der Waals surface area contributed by atoms with Crippen LogP contribution in [0.15, 0.2) is 44.2 Å². The Morgan fingerprint density at radius 3 is 2.00 bits per heavy atom. The smallest absolute Gasteiger partial charge is 0.211 e. The van der Waals surface area contributed by atoms with Crippen molar-refractivity contribution in [3.8, 4) is 0 Å². The summed E-state index contributed by atoms with van der Waals surface area (Å²) in [4.78, 5) is 56.2. The minimum atomic E-state index is -1.07. The summed E-state index contributed by atoms with van der Waals surface area (Å²) in [6.45, 7) is 0.409. The van der Waals surface area contributed by atoms with Crippen LogP contribution in [-0.4, -0.2) is 30.9 Å². The molecule has 0 amide bonds. The molecule has 0 N–H and O–H groups in total. The number of hydrogen-bond donors (Lipinski definition) is 0. The largest absolute Gasteiger partial charge is 0.237 e. The van der Waals surface area contributed by atoms with Crippen molar-refractivity contribution in [2.24, 2.45) is 20.0 Å². The second kappa shape index (κ2) is 12.2. The highest BCUT2D eigenvalue weighted by Crippen LogP contribution is 2.31. The first-order valence-electron chi connectivity index (χ1n) is 7.61. The van der Waals surface area contributed by atoms with Crippen LogP contribution in [0.5, 0.6) is 0 Å². The summed E-state index contributed by atoms with van der Waals surface area (Å²) in [5.41, 5.74) is 1.10. The summed E-state index contributed by atoms with van der Waals surface area (Å²) in [7, 11) is 0. The van der Waals surface area contributed by atoms with Gasteiger partial charge in [-0.15, -0.1) is 0 Å². The number of unbranched alkanes of at least 4 members (excludes halogenated alkanes) is 2. The normalized spacial score (nSPS) is 11.7. The molecule has 1 rings (SSSR count). The molecule has 0 aromatic heterocycles. The Morgan fingerprint density at radius 2 is 1.40 bits per heavy atom. The third-order valence-corrected chi connectivity index (χ3v) is 3.50. The van der Waals surface area contributed by atoms with Crippen molar-refractivity contribution in [2.45, 2.75) is 37.9 Å². The third-order valence-electron chi connectivity index (χ3n) is 3.50. The summed E-state index contributed by atoms with van der Waals surface area (Å²) in [6, 6.07) is 6.32. The maximum Gasteiger partial charge on any atom is 0.237 e. The molecule has 0 aliphatic carbocycles. The van der Waals surface area contributed by atoms with Gasteiger partial charge < -0.3 is 0 Å². The van der Waals surface area contributed by atoms with Gasteiger partial charge in [0.15, 0.2) is 6.17 Å². The molecule has 25 heavy (non-hydrogen) atoms. The number of nitrogens with zero attached hydrogens (tertiary/aromatic N) is 4. The summed E-state index contributed by atoms with van der Waals surface area (Å²) < 4.78 is 0. The average molecular weight is 340 g/mol. The van der Waals surface area contributed by atoms with Crippen LogP contribution in [0, 0.1) is 0 Å². The predicted octanol–water partition coefficient (Wildman–Crippen LogP) is 2.63. The molecule has 1 unspecified atom stereocenters. The predicted molar refractivity (Wildman–Crippen MR) is 87.7 cm³/mol. The van der Waals surface area contributed by atoms with E-state index < -0.39 is 12.2 Å². The van der Waals surface area contributed by atoms with E-state index in [2.05, 4.69) is 20.0 Å². The lowest BCUT2D eigenvalue weighted by molar-refractivity contribution is 0.534. The van der Waals surface area contributed by atoms with Gasteiger partial charge in [-0.05, 0) is 18.4 Å². The van der Waals surface area contributed by atoms with Crippen molar-refractivity contribution in [3.05, 3.63) is 35.4 Å². The van der Waals surface area contributed by atoms with Crippen LogP contribution in [0.3, 0.4) is 0 Å². The number of isocyanates is 4. The molecule has 0 heterocycles. The van der Waals surface area contributed by atoms with E-state index in [1.807, 2.05) is 0 Å². The maximum atomic E-state index is 10.8. The van der Waals surface area contributed by atoms with Crippen molar-refractivity contribution in [1.82, 2.24) is 0 Å². The van der Waals surface area contributed by atoms with E-state index in [0.29, 0.717) is 24.1 Å². The van der Waals surface area contributed by atoms with Crippen molar-refractivity contribution in [3.63, 3.8) is 0 Å². The van der Waals surface area contributed by atoms with Gasteiger partial charge in [0.1, 0.15) is 0 Å². The highest BCUT2D eigenvalue weighted by Gasteiger charge is 2.19. The van der Waals surface area contributed by atoms with Crippen molar-refractivity contribution < 1.29 is 19.2 Å². The first kappa shape index (κ1) is 19.8. The molecule has 8 heteroatoms. The molecule has 0 saturated carbocycles. The van der Waals surface area contributed by atoms with E-state index in [4.69, 9.17) is 0 Å². The van der Waals surface area contributed by atoms with Gasteiger partial charge in [0, 0.05) is 5.56 Å². The summed E-state index contributed by atoms with van der Waals surface area (Å²) in [5, 5.41) is 0. The van der Waals surface area contributed by atoms with Gasteiger partial charge in [-0.25, -0.2) is 24.2 Å². The molecular weight excluding hydrogens is 324 g/mol. The Kier molecular flexibility index (Phi) is 9.65. The van der Waals surface area contributed by atoms with Crippen molar-refractivity contribution in [2.75, 3.05) is 6.54 Å². The second-order valence-electron chi connectivity index (χ2n) is 5.00. The molecule has 1 aromatic rings. The number of aliphatic imine (C=N–C) groups is 4. The lowest BCUT2D eigenvalue weighted by atomic mass is 9.95. The first-order valence-corrected chi connectivity index (χ1v) is 7.61. The van der Waals surface area contributed by atoms with Gasteiger partial charge in [-0.1, -0.05) is 37.1 Å². The third kappa shape index (κ3) is 6.80. The molecule has 0 fully saturated rings. The molecule has 0 aliphatic heterocycles. The fourth-order valence-corrected chi connectivity index (χ4v) is 2.42. The summed E-state index contributed by atoms with van der Waals surface area (Å²) >= 11 is 0. The topological polar surface area (TPSA) is 118 Å². The Balaban J connectivity index is 2.99. The van der Waals surface area contributed by atoms with Gasteiger partial charge in [-0.2, -0.15) is 15.0 Å².